The predicted molar refractivity (Wildman–Crippen MR) is 69.4 cm³/mol. The van der Waals surface area contributed by atoms with Crippen molar-refractivity contribution < 1.29 is 4.39 Å². The summed E-state index contributed by atoms with van der Waals surface area (Å²) in [6.45, 7) is 1.90. The molecule has 0 saturated heterocycles. The minimum atomic E-state index is -0.232. The third-order valence-electron chi connectivity index (χ3n) is 2.34. The number of benzene rings is 1. The molecule has 0 radical (unpaired) electrons. The van der Waals surface area contributed by atoms with Crippen LogP contribution in [0.4, 0.5) is 4.39 Å². The Balaban J connectivity index is 2.09. The number of rotatable bonds is 3. The molecule has 17 heavy (non-hydrogen) atoms. The largest absolute Gasteiger partial charge is 0.309 e. The van der Waals surface area contributed by atoms with E-state index in [-0.39, 0.29) is 5.82 Å². The minimum absolute atomic E-state index is 0.232. The van der Waals surface area contributed by atoms with Crippen LogP contribution < -0.4 is 0 Å². The van der Waals surface area contributed by atoms with E-state index < -0.39 is 0 Å². The molecule has 0 unspecified atom stereocenters. The molecule has 1 aromatic heterocycles. The first-order chi connectivity index (χ1) is 8.06. The summed E-state index contributed by atoms with van der Waals surface area (Å²) < 4.78 is 15.8. The van der Waals surface area contributed by atoms with Crippen molar-refractivity contribution in [2.45, 2.75) is 17.8 Å². The number of halogens is 2. The van der Waals surface area contributed by atoms with Crippen LogP contribution in [0.2, 0.25) is 0 Å². The maximum Gasteiger partial charge on any atom is 0.191 e. The number of hydrogen-bond donors (Lipinski definition) is 0. The molecule has 0 spiro atoms. The molecule has 0 aliphatic rings. The second-order valence-corrected chi connectivity index (χ2v) is 5.51. The first-order valence-corrected chi connectivity index (χ1v) is 6.78. The fourth-order valence-corrected chi connectivity index (χ4v) is 2.76. The van der Waals surface area contributed by atoms with Crippen molar-refractivity contribution in [3.8, 4) is 0 Å². The van der Waals surface area contributed by atoms with Crippen LogP contribution >= 0.6 is 27.7 Å². The van der Waals surface area contributed by atoms with Crippen LogP contribution in [-0.2, 0) is 12.8 Å². The standard InChI is InChI=1S/C11H11BrFN3S/c1-7-14-15-11(16(7)2)17-6-8-3-9(12)5-10(13)4-8/h3-5H,6H2,1-2H3. The maximum absolute atomic E-state index is 13.2. The lowest BCUT2D eigenvalue weighted by Crippen LogP contribution is -1.94. The Morgan fingerprint density at radius 2 is 2.12 bits per heavy atom. The number of nitrogens with zero attached hydrogens (tertiary/aromatic N) is 3. The van der Waals surface area contributed by atoms with Gasteiger partial charge in [-0.25, -0.2) is 4.39 Å². The van der Waals surface area contributed by atoms with Gasteiger partial charge in [0.25, 0.3) is 0 Å². The summed E-state index contributed by atoms with van der Waals surface area (Å²) >= 11 is 4.82. The molecule has 0 bridgehead atoms. The zero-order chi connectivity index (χ0) is 12.4. The highest BCUT2D eigenvalue weighted by atomic mass is 79.9. The monoisotopic (exact) mass is 315 g/mol. The summed E-state index contributed by atoms with van der Waals surface area (Å²) in [7, 11) is 1.92. The van der Waals surface area contributed by atoms with Gasteiger partial charge in [-0.3, -0.25) is 0 Å². The van der Waals surface area contributed by atoms with E-state index in [1.165, 1.54) is 12.1 Å². The average molecular weight is 316 g/mol. The lowest BCUT2D eigenvalue weighted by atomic mass is 10.2. The van der Waals surface area contributed by atoms with Gasteiger partial charge in [0, 0.05) is 17.3 Å². The molecule has 1 heterocycles. The fraction of sp³-hybridized carbons (Fsp3) is 0.273. The number of thioether (sulfide) groups is 1. The molecule has 0 saturated carbocycles. The van der Waals surface area contributed by atoms with Gasteiger partial charge in [0.15, 0.2) is 5.16 Å². The van der Waals surface area contributed by atoms with Crippen LogP contribution in [0.25, 0.3) is 0 Å². The fourth-order valence-electron chi connectivity index (χ4n) is 1.36. The van der Waals surface area contributed by atoms with Gasteiger partial charge in [-0.15, -0.1) is 10.2 Å². The quantitative estimate of drug-likeness (QED) is 0.814. The van der Waals surface area contributed by atoms with E-state index in [0.29, 0.717) is 5.75 Å². The zero-order valence-electron chi connectivity index (χ0n) is 9.44. The molecule has 0 aliphatic heterocycles. The Kier molecular flexibility index (Phi) is 3.83. The van der Waals surface area contributed by atoms with Crippen molar-refractivity contribution >= 4 is 27.7 Å². The predicted octanol–water partition coefficient (Wildman–Crippen LogP) is 3.32. The number of aromatic nitrogens is 3. The summed E-state index contributed by atoms with van der Waals surface area (Å²) in [5.41, 5.74) is 0.919. The second kappa shape index (κ2) is 5.18. The van der Waals surface area contributed by atoms with Gasteiger partial charge >= 0.3 is 0 Å². The van der Waals surface area contributed by atoms with Gasteiger partial charge in [-0.2, -0.15) is 0 Å². The van der Waals surface area contributed by atoms with Gasteiger partial charge in [0.2, 0.25) is 0 Å². The maximum atomic E-state index is 13.2. The van der Waals surface area contributed by atoms with E-state index in [1.807, 2.05) is 24.6 Å². The molecule has 0 atom stereocenters. The molecular weight excluding hydrogens is 305 g/mol. The van der Waals surface area contributed by atoms with Gasteiger partial charge in [-0.05, 0) is 30.7 Å². The zero-order valence-corrected chi connectivity index (χ0v) is 11.8. The summed E-state index contributed by atoms with van der Waals surface area (Å²) in [6, 6.07) is 4.88. The van der Waals surface area contributed by atoms with E-state index in [4.69, 9.17) is 0 Å². The van der Waals surface area contributed by atoms with E-state index in [2.05, 4.69) is 26.1 Å². The van der Waals surface area contributed by atoms with Crippen molar-refractivity contribution in [2.75, 3.05) is 0 Å². The Bertz CT molecular complexity index is 521. The Labute approximate surface area is 112 Å². The van der Waals surface area contributed by atoms with Crippen LogP contribution in [0.1, 0.15) is 11.4 Å². The molecule has 0 fully saturated rings. The summed E-state index contributed by atoms with van der Waals surface area (Å²) in [6.07, 6.45) is 0. The molecular formula is C11H11BrFN3S. The van der Waals surface area contributed by atoms with E-state index in [1.54, 1.807) is 11.8 Å². The van der Waals surface area contributed by atoms with E-state index >= 15 is 0 Å². The number of hydrogen-bond acceptors (Lipinski definition) is 3. The van der Waals surface area contributed by atoms with Gasteiger partial charge in [0.05, 0.1) is 0 Å². The van der Waals surface area contributed by atoms with Crippen molar-refractivity contribution in [2.24, 2.45) is 7.05 Å². The molecule has 90 valence electrons. The van der Waals surface area contributed by atoms with Crippen LogP contribution in [-0.4, -0.2) is 14.8 Å². The normalized spacial score (nSPS) is 10.8. The SMILES string of the molecule is Cc1nnc(SCc2cc(F)cc(Br)c2)n1C. The summed E-state index contributed by atoms with van der Waals surface area (Å²) in [5.74, 6) is 1.31. The van der Waals surface area contributed by atoms with Gasteiger partial charge in [0.1, 0.15) is 11.6 Å². The molecule has 0 N–H and O–H groups in total. The lowest BCUT2D eigenvalue weighted by molar-refractivity contribution is 0.625. The molecule has 1 aromatic carbocycles. The highest BCUT2D eigenvalue weighted by Gasteiger charge is 2.06. The van der Waals surface area contributed by atoms with E-state index in [9.17, 15) is 4.39 Å². The minimum Gasteiger partial charge on any atom is -0.309 e. The molecule has 0 aliphatic carbocycles. The van der Waals surface area contributed by atoms with Gasteiger partial charge in [-0.1, -0.05) is 27.7 Å². The Hall–Kier alpha value is -0.880. The third-order valence-corrected chi connectivity index (χ3v) is 3.89. The number of aryl methyl sites for hydroxylation is 1. The van der Waals surface area contributed by atoms with Crippen LogP contribution in [0.15, 0.2) is 27.8 Å². The third kappa shape index (κ3) is 3.07. The molecule has 2 rings (SSSR count). The van der Waals surface area contributed by atoms with E-state index in [0.717, 1.165) is 21.0 Å². The van der Waals surface area contributed by atoms with Crippen LogP contribution in [0.5, 0.6) is 0 Å². The molecule has 0 amide bonds. The lowest BCUT2D eigenvalue weighted by Gasteiger charge is -2.03. The van der Waals surface area contributed by atoms with Crippen LogP contribution in [0.3, 0.4) is 0 Å². The highest BCUT2D eigenvalue weighted by Crippen LogP contribution is 2.23. The van der Waals surface area contributed by atoms with Crippen molar-refractivity contribution in [1.82, 2.24) is 14.8 Å². The van der Waals surface area contributed by atoms with Crippen molar-refractivity contribution in [3.63, 3.8) is 0 Å². The Morgan fingerprint density at radius 1 is 1.35 bits per heavy atom. The van der Waals surface area contributed by atoms with Crippen molar-refractivity contribution in [3.05, 3.63) is 39.9 Å². The van der Waals surface area contributed by atoms with Crippen molar-refractivity contribution in [1.29, 1.82) is 0 Å². The molecule has 3 nitrogen and oxygen atoms in total. The first-order valence-electron chi connectivity index (χ1n) is 5.00. The molecule has 2 aromatic rings. The summed E-state index contributed by atoms with van der Waals surface area (Å²) in [4.78, 5) is 0. The van der Waals surface area contributed by atoms with Crippen LogP contribution in [0, 0.1) is 12.7 Å². The first kappa shape index (κ1) is 12.6. The summed E-state index contributed by atoms with van der Waals surface area (Å²) in [5, 5.41) is 8.85. The smallest absolute Gasteiger partial charge is 0.191 e. The Morgan fingerprint density at radius 3 is 2.71 bits per heavy atom. The molecule has 6 heteroatoms. The highest BCUT2D eigenvalue weighted by molar-refractivity contribution is 9.10. The average Bonchev–Trinajstić information content (AvgIpc) is 2.56. The second-order valence-electron chi connectivity index (χ2n) is 3.66. The van der Waals surface area contributed by atoms with Gasteiger partial charge < -0.3 is 4.57 Å². The topological polar surface area (TPSA) is 30.7 Å².